The summed E-state index contributed by atoms with van der Waals surface area (Å²) in [7, 11) is 0. The van der Waals surface area contributed by atoms with Crippen molar-refractivity contribution in [3.63, 3.8) is 0 Å². The molecule has 0 unspecified atom stereocenters. The Morgan fingerprint density at radius 2 is 0.851 bits per heavy atom. The molecule has 0 spiro atoms. The van der Waals surface area contributed by atoms with Gasteiger partial charge in [-0.25, -0.2) is 4.98 Å². The third kappa shape index (κ3) is 4.05. The molecule has 0 aliphatic rings. The van der Waals surface area contributed by atoms with Crippen molar-refractivity contribution in [3.8, 4) is 33.4 Å². The van der Waals surface area contributed by atoms with Crippen LogP contribution in [0.15, 0.2) is 164 Å². The van der Waals surface area contributed by atoms with Gasteiger partial charge in [0.25, 0.3) is 0 Å². The maximum absolute atomic E-state index is 5.15. The molecule has 218 valence electrons. The lowest BCUT2D eigenvalue weighted by atomic mass is 9.85. The van der Waals surface area contributed by atoms with Crippen LogP contribution in [-0.2, 0) is 0 Å². The van der Waals surface area contributed by atoms with Crippen molar-refractivity contribution in [2.45, 2.75) is 0 Å². The van der Waals surface area contributed by atoms with Crippen LogP contribution in [-0.4, -0.2) is 4.98 Å². The Kier molecular flexibility index (Phi) is 5.81. The molecule has 47 heavy (non-hydrogen) atoms. The summed E-state index contributed by atoms with van der Waals surface area (Å²) in [5.74, 6) is 0. The first-order valence-corrected chi connectivity index (χ1v) is 16.9. The minimum atomic E-state index is 1.03. The number of benzene rings is 8. The van der Waals surface area contributed by atoms with Gasteiger partial charge in [0.2, 0.25) is 0 Å². The summed E-state index contributed by atoms with van der Waals surface area (Å²) in [6.45, 7) is 0. The Morgan fingerprint density at radius 3 is 1.53 bits per heavy atom. The van der Waals surface area contributed by atoms with Gasteiger partial charge < -0.3 is 0 Å². The van der Waals surface area contributed by atoms with E-state index in [4.69, 9.17) is 4.98 Å². The normalized spacial score (nSPS) is 11.8. The van der Waals surface area contributed by atoms with Gasteiger partial charge in [-0.2, -0.15) is 0 Å². The van der Waals surface area contributed by atoms with Gasteiger partial charge in [-0.3, -0.25) is 0 Å². The maximum Gasteiger partial charge on any atom is 0.0902 e. The van der Waals surface area contributed by atoms with Crippen LogP contribution in [0.5, 0.6) is 0 Å². The van der Waals surface area contributed by atoms with E-state index in [0.717, 1.165) is 11.0 Å². The van der Waals surface area contributed by atoms with Crippen LogP contribution in [0.2, 0.25) is 0 Å². The summed E-state index contributed by atoms with van der Waals surface area (Å²) in [5.41, 5.74) is 9.63. The molecular formula is C45H27NS. The molecule has 2 heteroatoms. The second-order valence-corrected chi connectivity index (χ2v) is 13.3. The fourth-order valence-corrected chi connectivity index (χ4v) is 8.75. The molecule has 0 saturated heterocycles. The number of para-hydroxylation sites is 1. The van der Waals surface area contributed by atoms with Crippen LogP contribution in [0.25, 0.3) is 96.9 Å². The van der Waals surface area contributed by atoms with Crippen molar-refractivity contribution >= 4 is 74.9 Å². The SMILES string of the molecule is c1ccc2cc(-c3c4ccccc4c(-c4ccc(-c5c6ccccc6nc6c5sc5ccccc56)cc4)c4ccccc34)ccc2c1. The summed E-state index contributed by atoms with van der Waals surface area (Å²) in [6.07, 6.45) is 0. The number of fused-ring (bicyclic) bond motifs is 7. The lowest BCUT2D eigenvalue weighted by molar-refractivity contribution is 1.52. The van der Waals surface area contributed by atoms with E-state index >= 15 is 0 Å². The molecule has 0 bridgehead atoms. The van der Waals surface area contributed by atoms with Crippen LogP contribution in [0.4, 0.5) is 0 Å². The molecule has 10 rings (SSSR count). The van der Waals surface area contributed by atoms with Crippen molar-refractivity contribution in [1.29, 1.82) is 0 Å². The molecule has 1 nitrogen and oxygen atoms in total. The minimum absolute atomic E-state index is 1.03. The molecule has 2 heterocycles. The Labute approximate surface area is 276 Å². The maximum atomic E-state index is 5.15. The Hall–Kier alpha value is -5.83. The summed E-state index contributed by atoms with van der Waals surface area (Å²) in [5, 5.41) is 10.0. The first kappa shape index (κ1) is 26.4. The Balaban J connectivity index is 1.21. The van der Waals surface area contributed by atoms with Gasteiger partial charge in [-0.15, -0.1) is 11.3 Å². The van der Waals surface area contributed by atoms with Crippen LogP contribution < -0.4 is 0 Å². The molecule has 0 fully saturated rings. The quantitative estimate of drug-likeness (QED) is 0.181. The van der Waals surface area contributed by atoms with Gasteiger partial charge in [0.15, 0.2) is 0 Å². The highest BCUT2D eigenvalue weighted by atomic mass is 32.1. The number of hydrogen-bond donors (Lipinski definition) is 0. The van der Waals surface area contributed by atoms with E-state index in [2.05, 4.69) is 164 Å². The van der Waals surface area contributed by atoms with Gasteiger partial charge in [0, 0.05) is 21.0 Å². The zero-order valence-electron chi connectivity index (χ0n) is 25.4. The van der Waals surface area contributed by atoms with Gasteiger partial charge in [-0.05, 0) is 78.3 Å². The van der Waals surface area contributed by atoms with E-state index in [1.807, 2.05) is 11.3 Å². The highest BCUT2D eigenvalue weighted by Gasteiger charge is 2.19. The summed E-state index contributed by atoms with van der Waals surface area (Å²) in [6, 6.07) is 59.7. The van der Waals surface area contributed by atoms with Gasteiger partial charge in [0.1, 0.15) is 0 Å². The van der Waals surface area contributed by atoms with Crippen molar-refractivity contribution in [3.05, 3.63) is 164 Å². The number of aromatic nitrogens is 1. The van der Waals surface area contributed by atoms with Crippen LogP contribution in [0.3, 0.4) is 0 Å². The van der Waals surface area contributed by atoms with E-state index < -0.39 is 0 Å². The minimum Gasteiger partial charge on any atom is -0.246 e. The number of nitrogens with zero attached hydrogens (tertiary/aromatic N) is 1. The molecular weight excluding hydrogens is 587 g/mol. The average Bonchev–Trinajstić information content (AvgIpc) is 3.51. The van der Waals surface area contributed by atoms with Crippen LogP contribution >= 0.6 is 11.3 Å². The third-order valence-electron chi connectivity index (χ3n) is 9.63. The highest BCUT2D eigenvalue weighted by Crippen LogP contribution is 2.46. The van der Waals surface area contributed by atoms with Crippen molar-refractivity contribution in [1.82, 2.24) is 4.98 Å². The second-order valence-electron chi connectivity index (χ2n) is 12.3. The highest BCUT2D eigenvalue weighted by molar-refractivity contribution is 7.26. The predicted molar refractivity (Wildman–Crippen MR) is 203 cm³/mol. The van der Waals surface area contributed by atoms with E-state index in [1.165, 1.54) is 85.9 Å². The molecule has 0 aliphatic heterocycles. The fourth-order valence-electron chi connectivity index (χ4n) is 7.52. The summed E-state index contributed by atoms with van der Waals surface area (Å²) >= 11 is 1.84. The zero-order valence-corrected chi connectivity index (χ0v) is 26.3. The Bertz CT molecular complexity index is 2780. The van der Waals surface area contributed by atoms with Crippen molar-refractivity contribution < 1.29 is 0 Å². The molecule has 2 aromatic heterocycles. The van der Waals surface area contributed by atoms with Crippen LogP contribution in [0.1, 0.15) is 0 Å². The first-order chi connectivity index (χ1) is 23.3. The molecule has 10 aromatic rings. The third-order valence-corrected chi connectivity index (χ3v) is 10.8. The van der Waals surface area contributed by atoms with Crippen molar-refractivity contribution in [2.75, 3.05) is 0 Å². The number of rotatable bonds is 3. The molecule has 0 aliphatic carbocycles. The number of hydrogen-bond acceptors (Lipinski definition) is 2. The number of pyridine rings is 1. The topological polar surface area (TPSA) is 12.9 Å². The summed E-state index contributed by atoms with van der Waals surface area (Å²) in [4.78, 5) is 5.15. The van der Waals surface area contributed by atoms with E-state index in [0.29, 0.717) is 0 Å². The summed E-state index contributed by atoms with van der Waals surface area (Å²) < 4.78 is 2.51. The molecule has 0 atom stereocenters. The molecule has 0 N–H and O–H groups in total. The smallest absolute Gasteiger partial charge is 0.0902 e. The standard InChI is InChI=1S/C45H27NS/c1-2-12-31-27-32(26-21-28(31)11-1)42-35-15-5-3-13-33(35)41(34-14-4-6-16-36(34)42)29-22-24-30(25-23-29)43-37-17-7-9-19-39(37)46-44-38-18-8-10-20-40(38)47-45(43)44/h1-27H. The molecule has 0 saturated carbocycles. The average molecular weight is 614 g/mol. The molecule has 8 aromatic carbocycles. The second kappa shape index (κ2) is 10.3. The van der Waals surface area contributed by atoms with E-state index in [9.17, 15) is 0 Å². The van der Waals surface area contributed by atoms with E-state index in [1.54, 1.807) is 0 Å². The Morgan fingerprint density at radius 1 is 0.362 bits per heavy atom. The van der Waals surface area contributed by atoms with Gasteiger partial charge in [0.05, 0.1) is 15.7 Å². The van der Waals surface area contributed by atoms with E-state index in [-0.39, 0.29) is 0 Å². The van der Waals surface area contributed by atoms with Crippen LogP contribution in [0, 0.1) is 0 Å². The predicted octanol–water partition coefficient (Wildman–Crippen LogP) is 13.1. The lowest BCUT2D eigenvalue weighted by Crippen LogP contribution is -1.91. The monoisotopic (exact) mass is 613 g/mol. The number of thiophene rings is 1. The van der Waals surface area contributed by atoms with Gasteiger partial charge >= 0.3 is 0 Å². The van der Waals surface area contributed by atoms with Gasteiger partial charge in [-0.1, -0.05) is 146 Å². The fraction of sp³-hybridized carbons (Fsp3) is 0. The molecule has 0 amide bonds. The largest absolute Gasteiger partial charge is 0.246 e. The zero-order chi connectivity index (χ0) is 30.9. The molecule has 0 radical (unpaired) electrons. The lowest BCUT2D eigenvalue weighted by Gasteiger charge is -2.18. The van der Waals surface area contributed by atoms with Crippen molar-refractivity contribution in [2.24, 2.45) is 0 Å². The first-order valence-electron chi connectivity index (χ1n) is 16.1.